The average Bonchev–Trinajstić information content (AvgIpc) is 2.51. The first-order valence-electron chi connectivity index (χ1n) is 8.02. The summed E-state index contributed by atoms with van der Waals surface area (Å²) in [5.74, 6) is 0.357. The first kappa shape index (κ1) is 19.9. The fourth-order valence-corrected chi connectivity index (χ4v) is 1.84. The molecule has 0 saturated heterocycles. The lowest BCUT2D eigenvalue weighted by Gasteiger charge is -2.10. The van der Waals surface area contributed by atoms with Crippen LogP contribution in [0.5, 0.6) is 0 Å². The summed E-state index contributed by atoms with van der Waals surface area (Å²) in [6, 6.07) is 6.58. The van der Waals surface area contributed by atoms with E-state index in [9.17, 15) is 9.59 Å². The zero-order valence-electron chi connectivity index (χ0n) is 14.6. The van der Waals surface area contributed by atoms with Gasteiger partial charge in [0.15, 0.2) is 0 Å². The molecule has 0 spiro atoms. The van der Waals surface area contributed by atoms with E-state index in [1.54, 1.807) is 24.3 Å². The monoisotopic (exact) mass is 337 g/mol. The molecule has 1 aromatic carbocycles. The van der Waals surface area contributed by atoms with Crippen LogP contribution in [-0.2, 0) is 14.3 Å². The highest BCUT2D eigenvalue weighted by Crippen LogP contribution is 2.14. The number of methoxy groups -OCH3 is 1. The molecule has 7 nitrogen and oxygen atoms in total. The van der Waals surface area contributed by atoms with Gasteiger partial charge in [0.2, 0.25) is 5.91 Å². The molecule has 7 heteroatoms. The highest BCUT2D eigenvalue weighted by Gasteiger charge is 2.04. The Morgan fingerprint density at radius 1 is 1.12 bits per heavy atom. The van der Waals surface area contributed by atoms with E-state index in [0.717, 1.165) is 6.42 Å². The Morgan fingerprint density at radius 3 is 2.50 bits per heavy atom. The SMILES string of the molecule is COCC(=O)Nc1cccc(NC(=O)NCCOCCC(C)C)c1. The van der Waals surface area contributed by atoms with Crippen molar-refractivity contribution in [3.63, 3.8) is 0 Å². The molecule has 24 heavy (non-hydrogen) atoms. The maximum Gasteiger partial charge on any atom is 0.319 e. The zero-order valence-corrected chi connectivity index (χ0v) is 14.6. The average molecular weight is 337 g/mol. The molecule has 1 rings (SSSR count). The smallest absolute Gasteiger partial charge is 0.319 e. The molecule has 0 saturated carbocycles. The van der Waals surface area contributed by atoms with Crippen LogP contribution in [0.3, 0.4) is 0 Å². The molecule has 0 fully saturated rings. The minimum Gasteiger partial charge on any atom is -0.380 e. The Bertz CT molecular complexity index is 520. The summed E-state index contributed by atoms with van der Waals surface area (Å²) in [5, 5.41) is 8.10. The van der Waals surface area contributed by atoms with Gasteiger partial charge < -0.3 is 25.4 Å². The van der Waals surface area contributed by atoms with Crippen molar-refractivity contribution in [2.24, 2.45) is 5.92 Å². The summed E-state index contributed by atoms with van der Waals surface area (Å²) in [4.78, 5) is 23.3. The first-order chi connectivity index (χ1) is 11.5. The lowest BCUT2D eigenvalue weighted by molar-refractivity contribution is -0.119. The molecule has 0 atom stereocenters. The van der Waals surface area contributed by atoms with Gasteiger partial charge in [-0.25, -0.2) is 4.79 Å². The minimum atomic E-state index is -0.317. The van der Waals surface area contributed by atoms with Crippen molar-refractivity contribution in [2.75, 3.05) is 44.1 Å². The van der Waals surface area contributed by atoms with Crippen molar-refractivity contribution in [1.29, 1.82) is 0 Å². The van der Waals surface area contributed by atoms with Crippen LogP contribution in [0.15, 0.2) is 24.3 Å². The van der Waals surface area contributed by atoms with Gasteiger partial charge >= 0.3 is 6.03 Å². The molecule has 0 bridgehead atoms. The van der Waals surface area contributed by atoms with Crippen molar-refractivity contribution >= 4 is 23.3 Å². The number of amides is 3. The van der Waals surface area contributed by atoms with E-state index in [2.05, 4.69) is 29.8 Å². The van der Waals surface area contributed by atoms with Gasteiger partial charge in [0, 0.05) is 31.6 Å². The Labute approximate surface area is 143 Å². The quantitative estimate of drug-likeness (QED) is 0.572. The van der Waals surface area contributed by atoms with Crippen LogP contribution in [0.1, 0.15) is 20.3 Å². The van der Waals surface area contributed by atoms with Crippen molar-refractivity contribution < 1.29 is 19.1 Å². The highest BCUT2D eigenvalue weighted by molar-refractivity contribution is 5.94. The second-order valence-corrected chi connectivity index (χ2v) is 5.74. The molecule has 0 unspecified atom stereocenters. The van der Waals surface area contributed by atoms with Crippen LogP contribution in [0.4, 0.5) is 16.2 Å². The normalized spacial score (nSPS) is 10.5. The summed E-state index contributed by atoms with van der Waals surface area (Å²) < 4.78 is 10.2. The van der Waals surface area contributed by atoms with Crippen molar-refractivity contribution in [3.8, 4) is 0 Å². The van der Waals surface area contributed by atoms with E-state index in [1.165, 1.54) is 7.11 Å². The van der Waals surface area contributed by atoms with Gasteiger partial charge in [0.1, 0.15) is 6.61 Å². The Hall–Kier alpha value is -2.12. The number of carbonyl (C=O) groups is 2. The number of rotatable bonds is 10. The number of urea groups is 1. The van der Waals surface area contributed by atoms with E-state index >= 15 is 0 Å². The topological polar surface area (TPSA) is 88.7 Å². The second kappa shape index (κ2) is 11.4. The summed E-state index contributed by atoms with van der Waals surface area (Å²) in [7, 11) is 1.45. The molecule has 0 heterocycles. The van der Waals surface area contributed by atoms with Crippen LogP contribution < -0.4 is 16.0 Å². The van der Waals surface area contributed by atoms with Crippen LogP contribution in [-0.4, -0.2) is 45.4 Å². The fraction of sp³-hybridized carbons (Fsp3) is 0.529. The Balaban J connectivity index is 2.30. The van der Waals surface area contributed by atoms with Gasteiger partial charge in [-0.3, -0.25) is 4.79 Å². The number of hydrogen-bond acceptors (Lipinski definition) is 4. The second-order valence-electron chi connectivity index (χ2n) is 5.74. The van der Waals surface area contributed by atoms with Gasteiger partial charge in [-0.05, 0) is 30.5 Å². The minimum absolute atomic E-state index is 0.0189. The molecular weight excluding hydrogens is 310 g/mol. The van der Waals surface area contributed by atoms with E-state index in [4.69, 9.17) is 9.47 Å². The number of carbonyl (C=O) groups excluding carboxylic acids is 2. The molecule has 0 aliphatic heterocycles. The van der Waals surface area contributed by atoms with Crippen molar-refractivity contribution in [2.45, 2.75) is 20.3 Å². The maximum absolute atomic E-state index is 11.8. The molecule has 0 aliphatic rings. The van der Waals surface area contributed by atoms with Crippen LogP contribution in [0.2, 0.25) is 0 Å². The van der Waals surface area contributed by atoms with E-state index in [1.807, 2.05) is 0 Å². The lowest BCUT2D eigenvalue weighted by Crippen LogP contribution is -2.31. The van der Waals surface area contributed by atoms with Gasteiger partial charge in [-0.1, -0.05) is 19.9 Å². The van der Waals surface area contributed by atoms with Crippen LogP contribution in [0, 0.1) is 5.92 Å². The van der Waals surface area contributed by atoms with Crippen LogP contribution >= 0.6 is 0 Å². The molecule has 0 aliphatic carbocycles. The zero-order chi connectivity index (χ0) is 17.8. The maximum atomic E-state index is 11.8. The standard InChI is InChI=1S/C17H27N3O4/c1-13(2)7-9-24-10-8-18-17(22)20-15-6-4-5-14(11-15)19-16(21)12-23-3/h4-6,11,13H,7-10,12H2,1-3H3,(H,19,21)(H2,18,20,22). The molecular formula is C17H27N3O4. The number of anilines is 2. The number of hydrogen-bond donors (Lipinski definition) is 3. The molecule has 3 N–H and O–H groups in total. The molecule has 0 aromatic heterocycles. The van der Waals surface area contributed by atoms with Gasteiger partial charge in [0.25, 0.3) is 0 Å². The molecule has 134 valence electrons. The van der Waals surface area contributed by atoms with Crippen LogP contribution in [0.25, 0.3) is 0 Å². The predicted molar refractivity (Wildman–Crippen MR) is 94.2 cm³/mol. The van der Waals surface area contributed by atoms with Gasteiger partial charge in [0.05, 0.1) is 6.61 Å². The highest BCUT2D eigenvalue weighted by atomic mass is 16.5. The molecule has 3 amide bonds. The third-order valence-corrected chi connectivity index (χ3v) is 3.05. The lowest BCUT2D eigenvalue weighted by atomic mass is 10.1. The number of benzene rings is 1. The van der Waals surface area contributed by atoms with E-state index in [0.29, 0.717) is 37.1 Å². The summed E-state index contributed by atoms with van der Waals surface area (Å²) in [5.41, 5.74) is 1.18. The summed E-state index contributed by atoms with van der Waals surface area (Å²) in [6.45, 7) is 5.88. The summed E-state index contributed by atoms with van der Waals surface area (Å²) in [6.07, 6.45) is 1.01. The van der Waals surface area contributed by atoms with E-state index in [-0.39, 0.29) is 18.5 Å². The Kier molecular flexibility index (Phi) is 9.48. The van der Waals surface area contributed by atoms with Crippen molar-refractivity contribution in [1.82, 2.24) is 5.32 Å². The third kappa shape index (κ3) is 9.12. The third-order valence-electron chi connectivity index (χ3n) is 3.05. The van der Waals surface area contributed by atoms with Gasteiger partial charge in [-0.2, -0.15) is 0 Å². The first-order valence-corrected chi connectivity index (χ1v) is 8.02. The summed E-state index contributed by atoms with van der Waals surface area (Å²) >= 11 is 0. The van der Waals surface area contributed by atoms with E-state index < -0.39 is 0 Å². The number of nitrogens with one attached hydrogen (secondary N) is 3. The van der Waals surface area contributed by atoms with Gasteiger partial charge in [-0.15, -0.1) is 0 Å². The molecule has 1 aromatic rings. The fourth-order valence-electron chi connectivity index (χ4n) is 1.84. The predicted octanol–water partition coefficient (Wildman–Crippen LogP) is 2.46. The largest absolute Gasteiger partial charge is 0.380 e. The molecule has 0 radical (unpaired) electrons. The Morgan fingerprint density at radius 2 is 1.83 bits per heavy atom. The number of ether oxygens (including phenoxy) is 2. The van der Waals surface area contributed by atoms with Crippen molar-refractivity contribution in [3.05, 3.63) is 24.3 Å².